The van der Waals surface area contributed by atoms with Crippen molar-refractivity contribution in [3.63, 3.8) is 0 Å². The van der Waals surface area contributed by atoms with E-state index >= 15 is 0 Å². The Morgan fingerprint density at radius 1 is 0.971 bits per heavy atom. The van der Waals surface area contributed by atoms with Crippen LogP contribution < -0.4 is 9.47 Å². The van der Waals surface area contributed by atoms with E-state index in [1.165, 1.54) is 24.6 Å². The number of hydrogen-bond acceptors (Lipinski definition) is 7. The molecule has 1 aromatic rings. The number of likely N-dealkylation sites (tertiary alicyclic amines) is 1. The van der Waals surface area contributed by atoms with Gasteiger partial charge in [-0.1, -0.05) is 0 Å². The average molecular weight is 498 g/mol. The standard InChI is InChI=1S/C23H35N3O7S/c1-23(2,3)33-22(28)25-10-6-7-17(16-25)21(27)24-11-13-26(14-12-24)34(29,30)20-15-18(31-4)8-9-19(20)32-5/h8-9,15,17H,6-7,10-14,16H2,1-5H3/t17-/m1/s1. The van der Waals surface area contributed by atoms with Crippen molar-refractivity contribution in [2.24, 2.45) is 5.92 Å². The summed E-state index contributed by atoms with van der Waals surface area (Å²) in [5, 5.41) is 0. The van der Waals surface area contributed by atoms with Gasteiger partial charge in [0.25, 0.3) is 0 Å². The second kappa shape index (κ2) is 10.4. The largest absolute Gasteiger partial charge is 0.497 e. The van der Waals surface area contributed by atoms with E-state index in [2.05, 4.69) is 0 Å². The summed E-state index contributed by atoms with van der Waals surface area (Å²) in [6.45, 7) is 7.24. The minimum atomic E-state index is -3.83. The molecule has 0 bridgehead atoms. The Hall–Kier alpha value is -2.53. The number of benzene rings is 1. The summed E-state index contributed by atoms with van der Waals surface area (Å²) < 4.78 is 43.8. The average Bonchev–Trinajstić information content (AvgIpc) is 2.82. The second-order valence-electron chi connectivity index (χ2n) is 9.51. The molecule has 10 nitrogen and oxygen atoms in total. The van der Waals surface area contributed by atoms with Gasteiger partial charge < -0.3 is 24.0 Å². The fourth-order valence-corrected chi connectivity index (χ4v) is 5.80. The number of carbonyl (C=O) groups is 2. The maximum absolute atomic E-state index is 13.3. The van der Waals surface area contributed by atoms with E-state index in [1.807, 2.05) is 20.8 Å². The van der Waals surface area contributed by atoms with Crippen molar-refractivity contribution in [2.45, 2.75) is 44.1 Å². The molecule has 11 heteroatoms. The number of piperazine rings is 1. The Balaban J connectivity index is 1.63. The SMILES string of the molecule is COc1ccc(OC)c(S(=O)(=O)N2CCN(C(=O)[C@@H]3CCCN(C(=O)OC(C)(C)C)C3)CC2)c1. The van der Waals surface area contributed by atoms with E-state index < -0.39 is 21.7 Å². The van der Waals surface area contributed by atoms with Gasteiger partial charge in [0.15, 0.2) is 0 Å². The number of carbonyl (C=O) groups excluding carboxylic acids is 2. The number of nitrogens with zero attached hydrogens (tertiary/aromatic N) is 3. The Kier molecular flexibility index (Phi) is 7.97. The van der Waals surface area contributed by atoms with Crippen LogP contribution in [-0.2, 0) is 19.6 Å². The van der Waals surface area contributed by atoms with E-state index in [0.29, 0.717) is 25.3 Å². The number of sulfonamides is 1. The second-order valence-corrected chi connectivity index (χ2v) is 11.4. The molecule has 0 saturated carbocycles. The molecule has 2 aliphatic heterocycles. The molecule has 2 fully saturated rings. The zero-order valence-electron chi connectivity index (χ0n) is 20.6. The first-order valence-corrected chi connectivity index (χ1v) is 12.9. The van der Waals surface area contributed by atoms with Gasteiger partial charge in [-0.05, 0) is 45.7 Å². The fourth-order valence-electron chi connectivity index (χ4n) is 4.20. The molecule has 190 valence electrons. The lowest BCUT2D eigenvalue weighted by molar-refractivity contribution is -0.138. The van der Waals surface area contributed by atoms with Crippen LogP contribution in [0.4, 0.5) is 4.79 Å². The lowest BCUT2D eigenvalue weighted by atomic mass is 9.96. The molecule has 0 aliphatic carbocycles. The first-order chi connectivity index (χ1) is 16.0. The monoisotopic (exact) mass is 497 g/mol. The molecule has 2 saturated heterocycles. The molecule has 3 rings (SSSR count). The van der Waals surface area contributed by atoms with Crippen LogP contribution in [0.15, 0.2) is 23.1 Å². The maximum Gasteiger partial charge on any atom is 0.410 e. The minimum Gasteiger partial charge on any atom is -0.497 e. The van der Waals surface area contributed by atoms with E-state index in [9.17, 15) is 18.0 Å². The molecule has 2 heterocycles. The molecule has 34 heavy (non-hydrogen) atoms. The van der Waals surface area contributed by atoms with E-state index in [0.717, 1.165) is 6.42 Å². The van der Waals surface area contributed by atoms with Crippen molar-refractivity contribution in [1.82, 2.24) is 14.1 Å². The lowest BCUT2D eigenvalue weighted by Crippen LogP contribution is -2.54. The van der Waals surface area contributed by atoms with Crippen LogP contribution in [0.5, 0.6) is 11.5 Å². The molecular formula is C23H35N3O7S. The molecule has 0 aromatic heterocycles. The molecule has 2 aliphatic rings. The number of hydrogen-bond donors (Lipinski definition) is 0. The highest BCUT2D eigenvalue weighted by molar-refractivity contribution is 7.89. The Morgan fingerprint density at radius 3 is 2.24 bits per heavy atom. The Bertz CT molecular complexity index is 998. The molecule has 0 unspecified atom stereocenters. The van der Waals surface area contributed by atoms with Crippen molar-refractivity contribution >= 4 is 22.0 Å². The molecular weight excluding hydrogens is 462 g/mol. The summed E-state index contributed by atoms with van der Waals surface area (Å²) >= 11 is 0. The number of rotatable bonds is 5. The number of amides is 2. The summed E-state index contributed by atoms with van der Waals surface area (Å²) in [5.41, 5.74) is -0.596. The van der Waals surface area contributed by atoms with Crippen molar-refractivity contribution in [2.75, 3.05) is 53.5 Å². The third-order valence-corrected chi connectivity index (χ3v) is 7.88. The summed E-state index contributed by atoms with van der Waals surface area (Å²) in [7, 11) is -0.939. The summed E-state index contributed by atoms with van der Waals surface area (Å²) in [5.74, 6) is 0.288. The summed E-state index contributed by atoms with van der Waals surface area (Å²) in [6, 6.07) is 4.64. The van der Waals surface area contributed by atoms with Gasteiger partial charge in [0.2, 0.25) is 15.9 Å². The third-order valence-electron chi connectivity index (χ3n) is 5.96. The first-order valence-electron chi connectivity index (χ1n) is 11.4. The molecule has 0 radical (unpaired) electrons. The number of piperidine rings is 1. The normalized spacial score (nSPS) is 20.1. The maximum atomic E-state index is 13.3. The van der Waals surface area contributed by atoms with Crippen LogP contribution >= 0.6 is 0 Å². The van der Waals surface area contributed by atoms with Gasteiger partial charge in [0.1, 0.15) is 22.0 Å². The topological polar surface area (TPSA) is 106 Å². The number of ether oxygens (including phenoxy) is 3. The fraction of sp³-hybridized carbons (Fsp3) is 0.652. The van der Waals surface area contributed by atoms with Crippen LogP contribution in [0.3, 0.4) is 0 Å². The van der Waals surface area contributed by atoms with Crippen LogP contribution in [0.1, 0.15) is 33.6 Å². The Morgan fingerprint density at radius 2 is 1.65 bits per heavy atom. The predicted octanol–water partition coefficient (Wildman–Crippen LogP) is 2.18. The van der Waals surface area contributed by atoms with Crippen LogP contribution in [-0.4, -0.2) is 93.6 Å². The van der Waals surface area contributed by atoms with Gasteiger partial charge in [-0.25, -0.2) is 13.2 Å². The first kappa shape index (κ1) is 26.1. The number of methoxy groups -OCH3 is 2. The highest BCUT2D eigenvalue weighted by atomic mass is 32.2. The van der Waals surface area contributed by atoms with Crippen molar-refractivity contribution < 1.29 is 32.2 Å². The molecule has 1 atom stereocenters. The zero-order chi connectivity index (χ0) is 25.1. The van der Waals surface area contributed by atoms with Gasteiger partial charge >= 0.3 is 6.09 Å². The zero-order valence-corrected chi connectivity index (χ0v) is 21.4. The van der Waals surface area contributed by atoms with Gasteiger partial charge in [-0.3, -0.25) is 4.79 Å². The Labute approximate surface area is 201 Å². The van der Waals surface area contributed by atoms with Gasteiger partial charge in [0.05, 0.1) is 20.1 Å². The van der Waals surface area contributed by atoms with E-state index in [1.54, 1.807) is 21.9 Å². The van der Waals surface area contributed by atoms with Crippen LogP contribution in [0.2, 0.25) is 0 Å². The van der Waals surface area contributed by atoms with Crippen molar-refractivity contribution in [3.8, 4) is 11.5 Å². The van der Waals surface area contributed by atoms with Gasteiger partial charge in [0, 0.05) is 45.3 Å². The molecule has 0 N–H and O–H groups in total. The highest BCUT2D eigenvalue weighted by Gasteiger charge is 2.37. The summed E-state index contributed by atoms with van der Waals surface area (Å²) in [4.78, 5) is 28.9. The predicted molar refractivity (Wildman–Crippen MR) is 125 cm³/mol. The van der Waals surface area contributed by atoms with Crippen molar-refractivity contribution in [1.29, 1.82) is 0 Å². The van der Waals surface area contributed by atoms with Gasteiger partial charge in [-0.15, -0.1) is 0 Å². The smallest absolute Gasteiger partial charge is 0.410 e. The third kappa shape index (κ3) is 5.93. The lowest BCUT2D eigenvalue weighted by Gasteiger charge is -2.38. The highest BCUT2D eigenvalue weighted by Crippen LogP contribution is 2.31. The summed E-state index contributed by atoms with van der Waals surface area (Å²) in [6.07, 6.45) is 1.00. The van der Waals surface area contributed by atoms with Crippen LogP contribution in [0.25, 0.3) is 0 Å². The van der Waals surface area contributed by atoms with E-state index in [4.69, 9.17) is 14.2 Å². The quantitative estimate of drug-likeness (QED) is 0.614. The van der Waals surface area contributed by atoms with Gasteiger partial charge in [-0.2, -0.15) is 4.31 Å². The van der Waals surface area contributed by atoms with E-state index in [-0.39, 0.29) is 48.6 Å². The van der Waals surface area contributed by atoms with Crippen LogP contribution in [0, 0.1) is 5.92 Å². The molecule has 1 aromatic carbocycles. The molecule has 0 spiro atoms. The van der Waals surface area contributed by atoms with Crippen molar-refractivity contribution in [3.05, 3.63) is 18.2 Å². The minimum absolute atomic E-state index is 0.0365. The molecule has 2 amide bonds.